The number of benzene rings is 2. The summed E-state index contributed by atoms with van der Waals surface area (Å²) < 4.78 is 10.5. The van der Waals surface area contributed by atoms with Crippen molar-refractivity contribution >= 4 is 23.6 Å². The Morgan fingerprint density at radius 2 is 1.78 bits per heavy atom. The number of carbonyl (C=O) groups is 2. The molecule has 1 aliphatic heterocycles. The van der Waals surface area contributed by atoms with Gasteiger partial charge in [-0.15, -0.1) is 0 Å². The number of amides is 1. The normalized spacial score (nSPS) is 20.3. The molecule has 1 saturated heterocycles. The van der Waals surface area contributed by atoms with Crippen LogP contribution in [0.4, 0.5) is 5.69 Å². The molecule has 5 heteroatoms. The van der Waals surface area contributed by atoms with Crippen LogP contribution in [0, 0.1) is 5.92 Å². The third-order valence-electron chi connectivity index (χ3n) is 4.68. The molecule has 0 N–H and O–H groups in total. The minimum Gasteiger partial charge on any atom is -0.497 e. The van der Waals surface area contributed by atoms with Crippen molar-refractivity contribution in [2.24, 2.45) is 5.92 Å². The molecule has 140 valence electrons. The zero-order valence-corrected chi connectivity index (χ0v) is 15.7. The van der Waals surface area contributed by atoms with Crippen molar-refractivity contribution in [3.05, 3.63) is 66.2 Å². The molecule has 27 heavy (non-hydrogen) atoms. The molecule has 0 bridgehead atoms. The van der Waals surface area contributed by atoms with Crippen molar-refractivity contribution in [3.8, 4) is 5.75 Å². The van der Waals surface area contributed by atoms with Gasteiger partial charge in [0.2, 0.25) is 5.91 Å². The fraction of sp³-hybridized carbons (Fsp3) is 0.273. The van der Waals surface area contributed by atoms with Crippen molar-refractivity contribution in [2.75, 3.05) is 12.0 Å². The van der Waals surface area contributed by atoms with E-state index in [1.54, 1.807) is 18.9 Å². The van der Waals surface area contributed by atoms with Gasteiger partial charge in [-0.25, -0.2) is 0 Å². The largest absolute Gasteiger partial charge is 0.497 e. The second-order valence-electron chi connectivity index (χ2n) is 6.51. The molecule has 1 amide bonds. The van der Waals surface area contributed by atoms with Gasteiger partial charge in [-0.1, -0.05) is 42.5 Å². The Morgan fingerprint density at radius 1 is 1.11 bits per heavy atom. The van der Waals surface area contributed by atoms with Crippen LogP contribution in [-0.2, 0) is 14.3 Å². The van der Waals surface area contributed by atoms with E-state index in [1.807, 2.05) is 66.7 Å². The van der Waals surface area contributed by atoms with Crippen LogP contribution in [0.2, 0.25) is 0 Å². The lowest BCUT2D eigenvalue weighted by molar-refractivity contribution is -0.153. The topological polar surface area (TPSA) is 55.8 Å². The van der Waals surface area contributed by atoms with Gasteiger partial charge in [-0.05, 0) is 36.8 Å². The predicted octanol–water partition coefficient (Wildman–Crippen LogP) is 3.69. The van der Waals surface area contributed by atoms with E-state index >= 15 is 0 Å². The van der Waals surface area contributed by atoms with Gasteiger partial charge < -0.3 is 14.4 Å². The van der Waals surface area contributed by atoms with E-state index in [0.29, 0.717) is 0 Å². The van der Waals surface area contributed by atoms with Crippen molar-refractivity contribution in [1.29, 1.82) is 0 Å². The second kappa shape index (κ2) is 8.08. The molecular formula is C22H23NO4. The summed E-state index contributed by atoms with van der Waals surface area (Å²) in [5, 5.41) is 0. The molecule has 0 radical (unpaired) electrons. The first-order chi connectivity index (χ1) is 13.0. The number of ether oxygens (including phenoxy) is 2. The lowest BCUT2D eigenvalue weighted by atomic mass is 9.82. The van der Waals surface area contributed by atoms with E-state index in [2.05, 4.69) is 0 Å². The predicted molar refractivity (Wildman–Crippen MR) is 104 cm³/mol. The van der Waals surface area contributed by atoms with Gasteiger partial charge in [0, 0.05) is 12.6 Å². The van der Waals surface area contributed by atoms with Crippen LogP contribution in [0.3, 0.4) is 0 Å². The smallest absolute Gasteiger partial charge is 0.302 e. The average Bonchev–Trinajstić information content (AvgIpc) is 2.65. The highest BCUT2D eigenvalue weighted by atomic mass is 16.5. The summed E-state index contributed by atoms with van der Waals surface area (Å²) >= 11 is 0. The minimum absolute atomic E-state index is 0.0587. The van der Waals surface area contributed by atoms with Gasteiger partial charge >= 0.3 is 5.97 Å². The molecule has 0 saturated carbocycles. The summed E-state index contributed by atoms with van der Waals surface area (Å²) in [7, 11) is 1.60. The second-order valence-corrected chi connectivity index (χ2v) is 6.51. The fourth-order valence-electron chi connectivity index (χ4n) is 3.37. The van der Waals surface area contributed by atoms with E-state index in [1.165, 1.54) is 6.92 Å². The average molecular weight is 365 g/mol. The van der Waals surface area contributed by atoms with E-state index in [0.717, 1.165) is 17.0 Å². The van der Waals surface area contributed by atoms with Crippen molar-refractivity contribution in [2.45, 2.75) is 26.0 Å². The van der Waals surface area contributed by atoms with E-state index in [9.17, 15) is 9.59 Å². The van der Waals surface area contributed by atoms with Gasteiger partial charge in [0.1, 0.15) is 11.9 Å². The molecule has 0 aromatic heterocycles. The molecule has 1 heterocycles. The number of hydrogen-bond donors (Lipinski definition) is 0. The van der Waals surface area contributed by atoms with Crippen LogP contribution in [0.1, 0.15) is 19.4 Å². The van der Waals surface area contributed by atoms with Gasteiger partial charge in [0.05, 0.1) is 19.1 Å². The van der Waals surface area contributed by atoms with Crippen molar-refractivity contribution < 1.29 is 19.1 Å². The molecule has 2 aromatic carbocycles. The first-order valence-corrected chi connectivity index (χ1v) is 8.89. The van der Waals surface area contributed by atoms with Crippen LogP contribution < -0.4 is 9.64 Å². The Labute approximate surface area is 159 Å². The molecule has 3 atom stereocenters. The lowest BCUT2D eigenvalue weighted by Gasteiger charge is -2.47. The summed E-state index contributed by atoms with van der Waals surface area (Å²) in [4.78, 5) is 25.9. The maximum absolute atomic E-state index is 12.8. The zero-order chi connectivity index (χ0) is 19.4. The Kier molecular flexibility index (Phi) is 5.60. The zero-order valence-electron chi connectivity index (χ0n) is 15.7. The molecule has 5 nitrogen and oxygen atoms in total. The van der Waals surface area contributed by atoms with Crippen LogP contribution >= 0.6 is 0 Å². The first-order valence-electron chi connectivity index (χ1n) is 8.89. The van der Waals surface area contributed by atoms with Gasteiger partial charge in [-0.2, -0.15) is 0 Å². The molecule has 1 aliphatic rings. The number of β-lactam (4-membered cyclic amide) rings is 1. The molecular weight excluding hydrogens is 342 g/mol. The summed E-state index contributed by atoms with van der Waals surface area (Å²) in [6.07, 6.45) is 3.49. The number of rotatable bonds is 6. The monoisotopic (exact) mass is 365 g/mol. The first kappa shape index (κ1) is 18.7. The van der Waals surface area contributed by atoms with Crippen LogP contribution in [0.25, 0.3) is 6.08 Å². The van der Waals surface area contributed by atoms with Crippen LogP contribution in [0.15, 0.2) is 60.7 Å². The number of methoxy groups -OCH3 is 1. The number of nitrogens with zero attached hydrogens (tertiary/aromatic N) is 1. The molecule has 0 spiro atoms. The summed E-state index contributed by atoms with van der Waals surface area (Å²) in [6, 6.07) is 17.0. The highest BCUT2D eigenvalue weighted by Crippen LogP contribution is 2.37. The van der Waals surface area contributed by atoms with Gasteiger partial charge in [0.15, 0.2) is 0 Å². The maximum Gasteiger partial charge on any atom is 0.302 e. The highest BCUT2D eigenvalue weighted by Gasteiger charge is 2.50. The SMILES string of the molecule is COc1ccc(N2C(=O)[C@H]([C@H](C)OC(C)=O)[C@@H]2/C=C/c2ccccc2)cc1. The molecule has 1 fully saturated rings. The molecule has 0 aliphatic carbocycles. The van der Waals surface area contributed by atoms with Crippen LogP contribution in [0.5, 0.6) is 5.75 Å². The highest BCUT2D eigenvalue weighted by molar-refractivity contribution is 6.04. The molecule has 3 rings (SSSR count). The number of esters is 1. The minimum atomic E-state index is -0.491. The van der Waals surface area contributed by atoms with Crippen molar-refractivity contribution in [1.82, 2.24) is 0 Å². The Bertz CT molecular complexity index is 829. The summed E-state index contributed by atoms with van der Waals surface area (Å²) in [6.45, 7) is 3.12. The summed E-state index contributed by atoms with van der Waals surface area (Å²) in [5.41, 5.74) is 1.83. The van der Waals surface area contributed by atoms with Crippen molar-refractivity contribution in [3.63, 3.8) is 0 Å². The standard InChI is InChI=1S/C22H23NO4/c1-15(27-16(2)24)21-20(14-9-17-7-5-4-6-8-17)23(22(21)25)18-10-12-19(26-3)13-11-18/h4-15,20-21H,1-3H3/b14-9+/t15-,20-,21+/m0/s1. The third kappa shape index (κ3) is 4.03. The Morgan fingerprint density at radius 3 is 2.37 bits per heavy atom. The maximum atomic E-state index is 12.8. The third-order valence-corrected chi connectivity index (χ3v) is 4.68. The Hall–Kier alpha value is -3.08. The summed E-state index contributed by atoms with van der Waals surface area (Å²) in [5.74, 6) is -0.121. The van der Waals surface area contributed by atoms with Gasteiger partial charge in [-0.3, -0.25) is 9.59 Å². The quantitative estimate of drug-likeness (QED) is 0.579. The van der Waals surface area contributed by atoms with E-state index < -0.39 is 12.0 Å². The Balaban J connectivity index is 1.87. The lowest BCUT2D eigenvalue weighted by Crippen LogP contribution is -2.64. The van der Waals surface area contributed by atoms with E-state index in [-0.39, 0.29) is 17.9 Å². The number of carbonyl (C=O) groups excluding carboxylic acids is 2. The molecule has 0 unspecified atom stereocenters. The fourth-order valence-corrected chi connectivity index (χ4v) is 3.37. The molecule has 2 aromatic rings. The number of hydrogen-bond acceptors (Lipinski definition) is 4. The van der Waals surface area contributed by atoms with E-state index in [4.69, 9.17) is 9.47 Å². The van der Waals surface area contributed by atoms with Crippen LogP contribution in [-0.4, -0.2) is 31.1 Å². The van der Waals surface area contributed by atoms with Gasteiger partial charge in [0.25, 0.3) is 0 Å². The number of anilines is 1.